The Balaban J connectivity index is 2.40. The molecule has 1 aliphatic heterocycles. The zero-order valence-electron chi connectivity index (χ0n) is 9.99. The monoisotopic (exact) mass is 251 g/mol. The van der Waals surface area contributed by atoms with Crippen LogP contribution in [0.3, 0.4) is 0 Å². The van der Waals surface area contributed by atoms with Gasteiger partial charge in [0.15, 0.2) is 0 Å². The first-order chi connectivity index (χ1) is 7.93. The number of amides is 1. The van der Waals surface area contributed by atoms with Crippen molar-refractivity contribution in [3.63, 3.8) is 0 Å². The van der Waals surface area contributed by atoms with E-state index in [9.17, 15) is 4.79 Å². The third-order valence-electron chi connectivity index (χ3n) is 3.16. The van der Waals surface area contributed by atoms with Gasteiger partial charge in [0.25, 0.3) is 5.91 Å². The average molecular weight is 252 g/mol. The van der Waals surface area contributed by atoms with E-state index in [1.165, 1.54) is 0 Å². The molecule has 90 valence electrons. The number of amidine groups is 1. The molecule has 0 saturated carbocycles. The van der Waals surface area contributed by atoms with Gasteiger partial charge in [-0.05, 0) is 25.0 Å². The van der Waals surface area contributed by atoms with Crippen LogP contribution < -0.4 is 5.32 Å². The fourth-order valence-electron chi connectivity index (χ4n) is 1.62. The quantitative estimate of drug-likeness (QED) is 0.818. The average Bonchev–Trinajstić information content (AvgIpc) is 2.57. The molecule has 5 heteroatoms. The number of carbonyl (C=O) groups excluding carboxylic acids is 1. The van der Waals surface area contributed by atoms with Crippen molar-refractivity contribution in [1.29, 1.82) is 0 Å². The lowest BCUT2D eigenvalue weighted by Crippen LogP contribution is -2.41. The third kappa shape index (κ3) is 2.05. The van der Waals surface area contributed by atoms with Gasteiger partial charge < -0.3 is 5.32 Å². The Morgan fingerprint density at radius 2 is 2.18 bits per heavy atom. The van der Waals surface area contributed by atoms with Crippen LogP contribution in [0.5, 0.6) is 0 Å². The fraction of sp³-hybridized carbons (Fsp3) is 0.417. The number of aliphatic imine (C=N–C) groups is 1. The van der Waals surface area contributed by atoms with Gasteiger partial charge in [0.2, 0.25) is 0 Å². The summed E-state index contributed by atoms with van der Waals surface area (Å²) in [6.07, 6.45) is 1.59. The van der Waals surface area contributed by atoms with Crippen molar-refractivity contribution in [2.45, 2.75) is 26.3 Å². The molecule has 1 amide bonds. The number of carbonyl (C=O) groups is 1. The Bertz CT molecular complexity index is 498. The molecule has 1 atom stereocenters. The molecule has 1 aliphatic rings. The summed E-state index contributed by atoms with van der Waals surface area (Å²) in [6.45, 7) is 5.79. The Hall–Kier alpha value is -1.42. The maximum atomic E-state index is 11.9. The van der Waals surface area contributed by atoms with Crippen LogP contribution >= 0.6 is 11.6 Å². The Morgan fingerprint density at radius 1 is 1.47 bits per heavy atom. The van der Waals surface area contributed by atoms with Gasteiger partial charge in [0, 0.05) is 11.8 Å². The van der Waals surface area contributed by atoms with Crippen molar-refractivity contribution in [3.05, 3.63) is 29.0 Å². The van der Waals surface area contributed by atoms with Crippen LogP contribution in [0, 0.1) is 5.92 Å². The second-order valence-corrected chi connectivity index (χ2v) is 4.97. The van der Waals surface area contributed by atoms with Crippen molar-refractivity contribution >= 4 is 23.3 Å². The molecular formula is C12H14ClN3O. The zero-order chi connectivity index (χ0) is 12.6. The molecule has 0 radical (unpaired) electrons. The lowest BCUT2D eigenvalue weighted by Gasteiger charge is -2.21. The lowest BCUT2D eigenvalue weighted by atomic mass is 9.89. The van der Waals surface area contributed by atoms with E-state index >= 15 is 0 Å². The molecule has 0 aromatic carbocycles. The van der Waals surface area contributed by atoms with E-state index in [1.807, 2.05) is 20.8 Å². The largest absolute Gasteiger partial charge is 0.308 e. The normalized spacial score (nSPS) is 23.8. The summed E-state index contributed by atoms with van der Waals surface area (Å²) in [5, 5.41) is 3.18. The molecular weight excluding hydrogens is 238 g/mol. The summed E-state index contributed by atoms with van der Waals surface area (Å²) in [5.74, 6) is 0.628. The highest BCUT2D eigenvalue weighted by atomic mass is 35.5. The highest BCUT2D eigenvalue weighted by Gasteiger charge is 2.41. The van der Waals surface area contributed by atoms with Gasteiger partial charge in [0.1, 0.15) is 16.5 Å². The third-order valence-corrected chi connectivity index (χ3v) is 3.37. The fourth-order valence-corrected chi connectivity index (χ4v) is 1.80. The van der Waals surface area contributed by atoms with Crippen LogP contribution in [0.25, 0.3) is 0 Å². The van der Waals surface area contributed by atoms with Crippen LogP contribution in [-0.4, -0.2) is 22.3 Å². The van der Waals surface area contributed by atoms with Crippen molar-refractivity contribution in [2.24, 2.45) is 10.9 Å². The Labute approximate surface area is 105 Å². The molecule has 17 heavy (non-hydrogen) atoms. The number of rotatable bonds is 2. The van der Waals surface area contributed by atoms with E-state index < -0.39 is 5.54 Å². The van der Waals surface area contributed by atoms with Crippen LogP contribution in [0.4, 0.5) is 0 Å². The summed E-state index contributed by atoms with van der Waals surface area (Å²) in [6, 6.07) is 3.46. The molecule has 2 rings (SSSR count). The predicted octanol–water partition coefficient (Wildman–Crippen LogP) is 2.03. The minimum absolute atomic E-state index is 0.0737. The number of hydrogen-bond donors (Lipinski definition) is 1. The summed E-state index contributed by atoms with van der Waals surface area (Å²) >= 11 is 5.81. The van der Waals surface area contributed by atoms with E-state index in [-0.39, 0.29) is 11.8 Å². The van der Waals surface area contributed by atoms with Gasteiger partial charge in [-0.15, -0.1) is 0 Å². The summed E-state index contributed by atoms with van der Waals surface area (Å²) in [4.78, 5) is 20.3. The number of nitrogens with zero attached hydrogens (tertiary/aromatic N) is 2. The highest BCUT2D eigenvalue weighted by molar-refractivity contribution is 6.30. The number of aromatic nitrogens is 1. The number of hydrogen-bond acceptors (Lipinski definition) is 3. The number of nitrogens with one attached hydrogen (secondary N) is 1. The van der Waals surface area contributed by atoms with Crippen LogP contribution in [-0.2, 0) is 4.79 Å². The molecule has 1 aromatic heterocycles. The molecule has 1 unspecified atom stereocenters. The van der Waals surface area contributed by atoms with Crippen molar-refractivity contribution < 1.29 is 4.79 Å². The molecule has 1 aromatic rings. The van der Waals surface area contributed by atoms with Crippen molar-refractivity contribution in [1.82, 2.24) is 10.3 Å². The second kappa shape index (κ2) is 4.11. The Morgan fingerprint density at radius 3 is 2.71 bits per heavy atom. The van der Waals surface area contributed by atoms with E-state index in [2.05, 4.69) is 15.3 Å². The van der Waals surface area contributed by atoms with Crippen LogP contribution in [0.1, 0.15) is 26.3 Å². The maximum absolute atomic E-state index is 11.9. The van der Waals surface area contributed by atoms with Gasteiger partial charge in [-0.3, -0.25) is 9.79 Å². The molecule has 2 heterocycles. The van der Waals surface area contributed by atoms with Gasteiger partial charge in [-0.2, -0.15) is 0 Å². The second-order valence-electron chi connectivity index (χ2n) is 4.58. The maximum Gasteiger partial charge on any atom is 0.253 e. The van der Waals surface area contributed by atoms with Crippen molar-refractivity contribution in [2.75, 3.05) is 0 Å². The first-order valence-corrected chi connectivity index (χ1v) is 5.84. The minimum Gasteiger partial charge on any atom is -0.308 e. The molecule has 0 spiro atoms. The summed E-state index contributed by atoms with van der Waals surface area (Å²) < 4.78 is 0. The smallest absolute Gasteiger partial charge is 0.253 e. The van der Waals surface area contributed by atoms with E-state index in [1.54, 1.807) is 18.3 Å². The van der Waals surface area contributed by atoms with Crippen LogP contribution in [0.15, 0.2) is 23.3 Å². The molecule has 0 aliphatic carbocycles. The van der Waals surface area contributed by atoms with E-state index in [0.717, 1.165) is 5.56 Å². The minimum atomic E-state index is -0.703. The molecule has 1 N–H and O–H groups in total. The SMILES string of the molecule is CC(C)C1(C)N=C(c2ccnc(Cl)c2)NC1=O. The van der Waals surface area contributed by atoms with Crippen LogP contribution in [0.2, 0.25) is 5.15 Å². The van der Waals surface area contributed by atoms with Gasteiger partial charge in [-0.1, -0.05) is 25.4 Å². The first kappa shape index (κ1) is 12.0. The summed E-state index contributed by atoms with van der Waals surface area (Å²) in [7, 11) is 0. The molecule has 0 fully saturated rings. The predicted molar refractivity (Wildman–Crippen MR) is 67.2 cm³/mol. The van der Waals surface area contributed by atoms with Gasteiger partial charge in [0.05, 0.1) is 0 Å². The first-order valence-electron chi connectivity index (χ1n) is 5.46. The van der Waals surface area contributed by atoms with E-state index in [4.69, 9.17) is 11.6 Å². The highest BCUT2D eigenvalue weighted by Crippen LogP contribution is 2.27. The molecule has 4 nitrogen and oxygen atoms in total. The topological polar surface area (TPSA) is 54.4 Å². The van der Waals surface area contributed by atoms with Gasteiger partial charge >= 0.3 is 0 Å². The summed E-state index contributed by atoms with van der Waals surface area (Å²) in [5.41, 5.74) is 0.0770. The molecule has 0 saturated heterocycles. The number of pyridine rings is 1. The molecule has 0 bridgehead atoms. The van der Waals surface area contributed by atoms with E-state index in [0.29, 0.717) is 11.0 Å². The zero-order valence-corrected chi connectivity index (χ0v) is 10.7. The van der Waals surface area contributed by atoms with Gasteiger partial charge in [-0.25, -0.2) is 4.98 Å². The standard InChI is InChI=1S/C12H14ClN3O/c1-7(2)12(3)11(17)15-10(16-12)8-4-5-14-9(13)6-8/h4-7H,1-3H3,(H,15,16,17). The number of halogens is 1. The Kier molecular flexibility index (Phi) is 2.91. The van der Waals surface area contributed by atoms with Crippen molar-refractivity contribution in [3.8, 4) is 0 Å². The lowest BCUT2D eigenvalue weighted by molar-refractivity contribution is -0.124.